The number of nitrogens with one attached hydrogen (secondary N) is 1. The smallest absolute Gasteiger partial charge is 0.0148 e. The lowest BCUT2D eigenvalue weighted by molar-refractivity contribution is 0.570. The zero-order valence-electron chi connectivity index (χ0n) is 10.0. The standard InChI is InChI=1S/C14H21N/c1-5-6-11-14(2,3)12-9-7-8-10-13(12)15-4/h5-7,9,11,15H,1,8,10H2,2-4H3/b11-6-. The molecule has 0 atom stereocenters. The van der Waals surface area contributed by atoms with E-state index in [0.29, 0.717) is 0 Å². The minimum Gasteiger partial charge on any atom is -0.391 e. The predicted molar refractivity (Wildman–Crippen MR) is 67.6 cm³/mol. The topological polar surface area (TPSA) is 12.0 Å². The van der Waals surface area contributed by atoms with Crippen LogP contribution in [0.5, 0.6) is 0 Å². The summed E-state index contributed by atoms with van der Waals surface area (Å²) in [5.74, 6) is 0. The summed E-state index contributed by atoms with van der Waals surface area (Å²) >= 11 is 0. The number of rotatable bonds is 4. The molecule has 0 fully saturated rings. The van der Waals surface area contributed by atoms with Gasteiger partial charge in [0, 0.05) is 18.2 Å². The maximum Gasteiger partial charge on any atom is 0.0148 e. The first-order valence-electron chi connectivity index (χ1n) is 5.50. The molecular weight excluding hydrogens is 182 g/mol. The lowest BCUT2D eigenvalue weighted by atomic mass is 9.80. The van der Waals surface area contributed by atoms with Crippen molar-refractivity contribution >= 4 is 0 Å². The Hall–Kier alpha value is -1.24. The van der Waals surface area contributed by atoms with Gasteiger partial charge in [0.05, 0.1) is 0 Å². The van der Waals surface area contributed by atoms with Crippen molar-refractivity contribution in [1.29, 1.82) is 0 Å². The highest BCUT2D eigenvalue weighted by Crippen LogP contribution is 2.34. The molecule has 0 saturated carbocycles. The van der Waals surface area contributed by atoms with Gasteiger partial charge < -0.3 is 5.32 Å². The molecule has 1 rings (SSSR count). The molecule has 1 nitrogen and oxygen atoms in total. The highest BCUT2D eigenvalue weighted by Gasteiger charge is 2.22. The van der Waals surface area contributed by atoms with Crippen LogP contribution in [0, 0.1) is 5.41 Å². The second-order valence-electron chi connectivity index (χ2n) is 4.40. The van der Waals surface area contributed by atoms with E-state index in [9.17, 15) is 0 Å². The van der Waals surface area contributed by atoms with Gasteiger partial charge in [-0.1, -0.05) is 50.8 Å². The molecule has 0 aliphatic heterocycles. The molecule has 1 aliphatic carbocycles. The molecule has 0 bridgehead atoms. The van der Waals surface area contributed by atoms with Crippen LogP contribution < -0.4 is 5.32 Å². The van der Waals surface area contributed by atoms with Gasteiger partial charge in [-0.15, -0.1) is 0 Å². The summed E-state index contributed by atoms with van der Waals surface area (Å²) in [6.07, 6.45) is 12.8. The van der Waals surface area contributed by atoms with Crippen molar-refractivity contribution in [2.75, 3.05) is 7.05 Å². The van der Waals surface area contributed by atoms with Crippen molar-refractivity contribution in [3.8, 4) is 0 Å². The Morgan fingerprint density at radius 2 is 2.20 bits per heavy atom. The Kier molecular flexibility index (Phi) is 3.96. The normalized spacial score (nSPS) is 17.3. The Morgan fingerprint density at radius 1 is 1.47 bits per heavy atom. The zero-order chi connectivity index (χ0) is 11.3. The van der Waals surface area contributed by atoms with E-state index in [1.54, 1.807) is 0 Å². The van der Waals surface area contributed by atoms with Crippen molar-refractivity contribution in [2.45, 2.75) is 26.7 Å². The van der Waals surface area contributed by atoms with Gasteiger partial charge in [-0.3, -0.25) is 0 Å². The van der Waals surface area contributed by atoms with Gasteiger partial charge in [-0.05, 0) is 18.4 Å². The van der Waals surface area contributed by atoms with Crippen LogP contribution in [0.25, 0.3) is 0 Å². The van der Waals surface area contributed by atoms with E-state index in [2.05, 4.69) is 44.0 Å². The Bertz CT molecular complexity index is 316. The average Bonchev–Trinajstić information content (AvgIpc) is 2.26. The molecule has 15 heavy (non-hydrogen) atoms. The molecule has 0 aromatic carbocycles. The van der Waals surface area contributed by atoms with Gasteiger partial charge in [-0.2, -0.15) is 0 Å². The van der Waals surface area contributed by atoms with Crippen molar-refractivity contribution in [3.05, 3.63) is 48.2 Å². The summed E-state index contributed by atoms with van der Waals surface area (Å²) in [6, 6.07) is 0. The number of hydrogen-bond acceptors (Lipinski definition) is 1. The van der Waals surface area contributed by atoms with E-state index in [0.717, 1.165) is 12.8 Å². The monoisotopic (exact) mass is 203 g/mol. The minimum atomic E-state index is 0.0729. The largest absolute Gasteiger partial charge is 0.391 e. The first kappa shape index (κ1) is 11.8. The van der Waals surface area contributed by atoms with Gasteiger partial charge in [0.15, 0.2) is 0 Å². The SMILES string of the molecule is C=C/C=C\C(C)(C)C1=C(NC)CCC=C1. The number of hydrogen-bond donors (Lipinski definition) is 1. The minimum absolute atomic E-state index is 0.0729. The highest BCUT2D eigenvalue weighted by atomic mass is 14.8. The zero-order valence-corrected chi connectivity index (χ0v) is 10.0. The van der Waals surface area contributed by atoms with Gasteiger partial charge in [0.25, 0.3) is 0 Å². The second-order valence-corrected chi connectivity index (χ2v) is 4.40. The maximum absolute atomic E-state index is 3.71. The molecule has 1 aliphatic rings. The summed E-state index contributed by atoms with van der Waals surface area (Å²) in [5, 5.41) is 3.31. The van der Waals surface area contributed by atoms with Crippen LogP contribution in [0.1, 0.15) is 26.7 Å². The van der Waals surface area contributed by atoms with Crippen molar-refractivity contribution in [1.82, 2.24) is 5.32 Å². The third-order valence-electron chi connectivity index (χ3n) is 2.82. The van der Waals surface area contributed by atoms with Gasteiger partial charge in [0.2, 0.25) is 0 Å². The molecule has 0 saturated heterocycles. The molecular formula is C14H21N. The number of allylic oxidation sites excluding steroid dienone is 7. The molecule has 0 heterocycles. The Labute approximate surface area is 93.3 Å². The van der Waals surface area contributed by atoms with Crippen molar-refractivity contribution in [2.24, 2.45) is 5.41 Å². The van der Waals surface area contributed by atoms with E-state index >= 15 is 0 Å². The Balaban J connectivity index is 3.02. The average molecular weight is 203 g/mol. The summed E-state index contributed by atoms with van der Waals surface area (Å²) in [4.78, 5) is 0. The van der Waals surface area contributed by atoms with Crippen LogP contribution in [0.3, 0.4) is 0 Å². The first-order chi connectivity index (χ1) is 7.11. The van der Waals surface area contributed by atoms with E-state index in [1.807, 2.05) is 19.2 Å². The molecule has 1 N–H and O–H groups in total. The van der Waals surface area contributed by atoms with Gasteiger partial charge in [0.1, 0.15) is 0 Å². The van der Waals surface area contributed by atoms with E-state index in [4.69, 9.17) is 0 Å². The molecule has 0 radical (unpaired) electrons. The second kappa shape index (κ2) is 5.01. The van der Waals surface area contributed by atoms with E-state index in [-0.39, 0.29) is 5.41 Å². The lowest BCUT2D eigenvalue weighted by Crippen LogP contribution is -2.20. The lowest BCUT2D eigenvalue weighted by Gasteiger charge is -2.28. The molecule has 0 unspecified atom stereocenters. The Morgan fingerprint density at radius 3 is 2.80 bits per heavy atom. The van der Waals surface area contributed by atoms with Crippen LogP contribution in [-0.2, 0) is 0 Å². The maximum atomic E-state index is 3.71. The quantitative estimate of drug-likeness (QED) is 0.689. The summed E-state index contributed by atoms with van der Waals surface area (Å²) in [5.41, 5.74) is 2.81. The third kappa shape index (κ3) is 2.85. The fourth-order valence-electron chi connectivity index (χ4n) is 1.93. The molecule has 0 spiro atoms. The third-order valence-corrected chi connectivity index (χ3v) is 2.82. The summed E-state index contributed by atoms with van der Waals surface area (Å²) in [6.45, 7) is 8.17. The van der Waals surface area contributed by atoms with Crippen LogP contribution in [0.2, 0.25) is 0 Å². The molecule has 0 aromatic rings. The van der Waals surface area contributed by atoms with Crippen LogP contribution in [0.15, 0.2) is 48.2 Å². The van der Waals surface area contributed by atoms with Gasteiger partial charge >= 0.3 is 0 Å². The molecule has 0 amide bonds. The van der Waals surface area contributed by atoms with Crippen LogP contribution in [0.4, 0.5) is 0 Å². The van der Waals surface area contributed by atoms with E-state index in [1.165, 1.54) is 11.3 Å². The highest BCUT2D eigenvalue weighted by molar-refractivity contribution is 5.37. The van der Waals surface area contributed by atoms with Crippen LogP contribution >= 0.6 is 0 Å². The first-order valence-corrected chi connectivity index (χ1v) is 5.50. The molecule has 1 heteroatoms. The van der Waals surface area contributed by atoms with Crippen molar-refractivity contribution in [3.63, 3.8) is 0 Å². The van der Waals surface area contributed by atoms with E-state index < -0.39 is 0 Å². The molecule has 82 valence electrons. The summed E-state index contributed by atoms with van der Waals surface area (Å²) in [7, 11) is 2.00. The predicted octanol–water partition coefficient (Wildman–Crippen LogP) is 3.58. The summed E-state index contributed by atoms with van der Waals surface area (Å²) < 4.78 is 0. The van der Waals surface area contributed by atoms with Crippen molar-refractivity contribution < 1.29 is 0 Å². The van der Waals surface area contributed by atoms with Gasteiger partial charge in [-0.25, -0.2) is 0 Å². The fraction of sp³-hybridized carbons (Fsp3) is 0.429. The molecule has 0 aromatic heterocycles. The van der Waals surface area contributed by atoms with Crippen LogP contribution in [-0.4, -0.2) is 7.05 Å². The fourth-order valence-corrected chi connectivity index (χ4v) is 1.93.